The zero-order valence-corrected chi connectivity index (χ0v) is 14.1. The van der Waals surface area contributed by atoms with Crippen molar-refractivity contribution in [1.29, 1.82) is 0 Å². The maximum atomic E-state index is 12.5. The molecule has 0 saturated carbocycles. The molecule has 1 saturated heterocycles. The van der Waals surface area contributed by atoms with Crippen LogP contribution in [0.2, 0.25) is 0 Å². The normalized spacial score (nSPS) is 22.8. The minimum Gasteiger partial charge on any atom is -0.496 e. The molecule has 0 radical (unpaired) electrons. The van der Waals surface area contributed by atoms with E-state index in [4.69, 9.17) is 4.74 Å². The average molecular weight is 311 g/mol. The summed E-state index contributed by atoms with van der Waals surface area (Å²) in [7, 11) is 0.413. The Morgan fingerprint density at radius 3 is 2.57 bits per heavy atom. The molecule has 2 atom stereocenters. The minimum atomic E-state index is -3.05. The van der Waals surface area contributed by atoms with Crippen molar-refractivity contribution in [3.05, 3.63) is 28.8 Å². The Bertz CT molecular complexity index is 610. The second-order valence-corrected chi connectivity index (χ2v) is 8.20. The van der Waals surface area contributed by atoms with Crippen molar-refractivity contribution in [3.8, 4) is 5.75 Å². The van der Waals surface area contributed by atoms with E-state index in [9.17, 15) is 8.42 Å². The van der Waals surface area contributed by atoms with Gasteiger partial charge in [-0.25, -0.2) is 8.42 Å². The zero-order valence-electron chi connectivity index (χ0n) is 13.3. The molecular formula is C16H25NO3S. The van der Waals surface area contributed by atoms with Gasteiger partial charge in [-0.1, -0.05) is 12.5 Å². The standard InChI is InChI=1S/C16H25NO3S/c1-11-9-12(2)15(13(10-11)20-4)16(17-3)14-7-5-6-8-21(14,18)19/h9-10,14,16-17H,5-8H2,1-4H3. The van der Waals surface area contributed by atoms with Gasteiger partial charge in [0.05, 0.1) is 24.2 Å². The van der Waals surface area contributed by atoms with Crippen molar-refractivity contribution in [3.63, 3.8) is 0 Å². The van der Waals surface area contributed by atoms with E-state index in [-0.39, 0.29) is 11.3 Å². The molecule has 0 amide bonds. The summed E-state index contributed by atoms with van der Waals surface area (Å²) in [4.78, 5) is 0. The molecule has 4 nitrogen and oxygen atoms in total. The fourth-order valence-corrected chi connectivity index (χ4v) is 5.50. The summed E-state index contributed by atoms with van der Waals surface area (Å²) in [6, 6.07) is 3.84. The quantitative estimate of drug-likeness (QED) is 0.928. The van der Waals surface area contributed by atoms with Gasteiger partial charge in [0.15, 0.2) is 9.84 Å². The van der Waals surface area contributed by atoms with Crippen molar-refractivity contribution < 1.29 is 13.2 Å². The van der Waals surface area contributed by atoms with E-state index in [0.29, 0.717) is 12.2 Å². The highest BCUT2D eigenvalue weighted by molar-refractivity contribution is 7.92. The van der Waals surface area contributed by atoms with Crippen LogP contribution in [0.5, 0.6) is 5.75 Å². The summed E-state index contributed by atoms with van der Waals surface area (Å²) in [5, 5.41) is 2.85. The molecule has 21 heavy (non-hydrogen) atoms. The third-order valence-electron chi connectivity index (χ3n) is 4.34. The van der Waals surface area contributed by atoms with E-state index in [1.807, 2.05) is 27.0 Å². The first-order chi connectivity index (χ1) is 9.90. The maximum absolute atomic E-state index is 12.5. The van der Waals surface area contributed by atoms with E-state index in [1.54, 1.807) is 7.11 Å². The monoisotopic (exact) mass is 311 g/mol. The second-order valence-electron chi connectivity index (χ2n) is 5.87. The van der Waals surface area contributed by atoms with Crippen molar-refractivity contribution in [2.75, 3.05) is 19.9 Å². The molecule has 2 rings (SSSR count). The third-order valence-corrected chi connectivity index (χ3v) is 6.62. The van der Waals surface area contributed by atoms with Gasteiger partial charge < -0.3 is 10.1 Å². The average Bonchev–Trinajstić information content (AvgIpc) is 2.42. The first kappa shape index (κ1) is 16.3. The van der Waals surface area contributed by atoms with Gasteiger partial charge in [0.2, 0.25) is 0 Å². The Morgan fingerprint density at radius 2 is 2.00 bits per heavy atom. The molecule has 2 unspecified atom stereocenters. The first-order valence-electron chi connectivity index (χ1n) is 7.44. The minimum absolute atomic E-state index is 0.217. The smallest absolute Gasteiger partial charge is 0.155 e. The van der Waals surface area contributed by atoms with Gasteiger partial charge in [0.1, 0.15) is 5.75 Å². The number of hydrogen-bond donors (Lipinski definition) is 1. The summed E-state index contributed by atoms with van der Waals surface area (Å²) in [6.45, 7) is 4.04. The summed E-state index contributed by atoms with van der Waals surface area (Å²) in [5.74, 6) is 1.07. The van der Waals surface area contributed by atoms with E-state index < -0.39 is 9.84 Å². The molecule has 1 aromatic carbocycles. The van der Waals surface area contributed by atoms with Crippen LogP contribution in [0.25, 0.3) is 0 Å². The van der Waals surface area contributed by atoms with Gasteiger partial charge in [-0.2, -0.15) is 0 Å². The number of aryl methyl sites for hydroxylation is 2. The van der Waals surface area contributed by atoms with Crippen molar-refractivity contribution in [2.45, 2.75) is 44.4 Å². The largest absolute Gasteiger partial charge is 0.496 e. The molecule has 5 heteroatoms. The number of nitrogens with one attached hydrogen (secondary N) is 1. The Labute approximate surface area is 127 Å². The summed E-state index contributed by atoms with van der Waals surface area (Å²) in [5.41, 5.74) is 3.17. The Kier molecular flexibility index (Phi) is 4.94. The van der Waals surface area contributed by atoms with Gasteiger partial charge in [0, 0.05) is 5.56 Å². The lowest BCUT2D eigenvalue weighted by molar-refractivity contribution is 0.393. The van der Waals surface area contributed by atoms with Crippen LogP contribution in [-0.4, -0.2) is 33.6 Å². The molecule has 0 spiro atoms. The SMILES string of the molecule is CNC(c1c(C)cc(C)cc1OC)C1CCCCS1(=O)=O. The lowest BCUT2D eigenvalue weighted by Crippen LogP contribution is -2.39. The number of benzene rings is 1. The van der Waals surface area contributed by atoms with Gasteiger partial charge >= 0.3 is 0 Å². The number of methoxy groups -OCH3 is 1. The maximum Gasteiger partial charge on any atom is 0.155 e. The topological polar surface area (TPSA) is 55.4 Å². The molecule has 1 fully saturated rings. The summed E-state index contributed by atoms with van der Waals surface area (Å²) < 4.78 is 30.4. The van der Waals surface area contributed by atoms with Gasteiger partial charge in [0.25, 0.3) is 0 Å². The van der Waals surface area contributed by atoms with Crippen LogP contribution < -0.4 is 10.1 Å². The molecule has 1 aliphatic rings. The van der Waals surface area contributed by atoms with Crippen molar-refractivity contribution in [1.82, 2.24) is 5.32 Å². The second kappa shape index (κ2) is 6.36. The summed E-state index contributed by atoms with van der Waals surface area (Å²) in [6.07, 6.45) is 2.46. The first-order valence-corrected chi connectivity index (χ1v) is 9.16. The lowest BCUT2D eigenvalue weighted by atomic mass is 9.93. The highest BCUT2D eigenvalue weighted by atomic mass is 32.2. The molecule has 0 aliphatic carbocycles. The van der Waals surface area contributed by atoms with Crippen LogP contribution in [0.3, 0.4) is 0 Å². The van der Waals surface area contributed by atoms with Gasteiger partial charge in [-0.3, -0.25) is 0 Å². The fourth-order valence-electron chi connectivity index (χ4n) is 3.38. The predicted octanol–water partition coefficient (Wildman–Crippen LogP) is 2.54. The molecule has 1 aliphatic heterocycles. The number of ether oxygens (including phenoxy) is 1. The van der Waals surface area contributed by atoms with Crippen LogP contribution in [0.15, 0.2) is 12.1 Å². The molecule has 0 bridgehead atoms. The van der Waals surface area contributed by atoms with Crippen LogP contribution in [0, 0.1) is 13.8 Å². The number of sulfone groups is 1. The fraction of sp³-hybridized carbons (Fsp3) is 0.625. The third kappa shape index (κ3) is 3.24. The van der Waals surface area contributed by atoms with E-state index in [2.05, 4.69) is 11.4 Å². The highest BCUT2D eigenvalue weighted by Gasteiger charge is 2.37. The van der Waals surface area contributed by atoms with Crippen LogP contribution in [0.4, 0.5) is 0 Å². The van der Waals surface area contributed by atoms with Crippen LogP contribution in [-0.2, 0) is 9.84 Å². The van der Waals surface area contributed by atoms with Crippen LogP contribution >= 0.6 is 0 Å². The van der Waals surface area contributed by atoms with E-state index >= 15 is 0 Å². The van der Waals surface area contributed by atoms with E-state index in [1.165, 1.54) is 0 Å². The predicted molar refractivity (Wildman–Crippen MR) is 85.7 cm³/mol. The van der Waals surface area contributed by atoms with E-state index in [0.717, 1.165) is 35.3 Å². The zero-order chi connectivity index (χ0) is 15.6. The molecule has 118 valence electrons. The van der Waals surface area contributed by atoms with Crippen molar-refractivity contribution >= 4 is 9.84 Å². The van der Waals surface area contributed by atoms with Gasteiger partial charge in [-0.05, 0) is 50.9 Å². The number of hydrogen-bond acceptors (Lipinski definition) is 4. The highest BCUT2D eigenvalue weighted by Crippen LogP contribution is 2.37. The number of rotatable bonds is 4. The Morgan fingerprint density at radius 1 is 1.29 bits per heavy atom. The molecule has 1 N–H and O–H groups in total. The van der Waals surface area contributed by atoms with Crippen LogP contribution in [0.1, 0.15) is 42.0 Å². The molecule has 0 aromatic heterocycles. The Hall–Kier alpha value is -1.07. The lowest BCUT2D eigenvalue weighted by Gasteiger charge is -2.32. The summed E-state index contributed by atoms with van der Waals surface area (Å²) >= 11 is 0. The molecule has 1 aromatic rings. The molecular weight excluding hydrogens is 286 g/mol. The van der Waals surface area contributed by atoms with Crippen molar-refractivity contribution in [2.24, 2.45) is 0 Å². The van der Waals surface area contributed by atoms with Gasteiger partial charge in [-0.15, -0.1) is 0 Å². The molecule has 1 heterocycles. The Balaban J connectivity index is 2.51.